The van der Waals surface area contributed by atoms with Gasteiger partial charge in [-0.2, -0.15) is 0 Å². The Morgan fingerprint density at radius 2 is 2.03 bits per heavy atom. The van der Waals surface area contributed by atoms with Crippen LogP contribution in [0.1, 0.15) is 26.0 Å². The summed E-state index contributed by atoms with van der Waals surface area (Å²) in [4.78, 5) is 26.2. The average molecular weight is 443 g/mol. The first-order valence-corrected chi connectivity index (χ1v) is 11.3. The summed E-state index contributed by atoms with van der Waals surface area (Å²) in [6, 6.07) is 2.03. The molecule has 0 saturated heterocycles. The van der Waals surface area contributed by atoms with E-state index in [1.165, 1.54) is 0 Å². The molecule has 1 aliphatic heterocycles. The first-order valence-electron chi connectivity index (χ1n) is 11.3. The molecule has 168 valence electrons. The molecule has 0 spiro atoms. The van der Waals surface area contributed by atoms with Crippen molar-refractivity contribution in [2.45, 2.75) is 39.4 Å². The lowest BCUT2D eigenvalue weighted by Gasteiger charge is -2.24. The molecule has 4 aromatic heterocycles. The van der Waals surface area contributed by atoms with Crippen molar-refractivity contribution in [1.29, 1.82) is 0 Å². The van der Waals surface area contributed by atoms with E-state index >= 15 is 0 Å². The van der Waals surface area contributed by atoms with Gasteiger partial charge in [-0.05, 0) is 45.3 Å². The van der Waals surface area contributed by atoms with Crippen LogP contribution in [0.4, 0.5) is 0 Å². The van der Waals surface area contributed by atoms with Crippen molar-refractivity contribution in [3.8, 4) is 11.3 Å². The van der Waals surface area contributed by atoms with Gasteiger partial charge in [0, 0.05) is 46.4 Å². The highest BCUT2D eigenvalue weighted by molar-refractivity contribution is 6.03. The number of rotatable bonds is 3. The van der Waals surface area contributed by atoms with Gasteiger partial charge in [-0.1, -0.05) is 11.2 Å². The summed E-state index contributed by atoms with van der Waals surface area (Å²) < 4.78 is 5.91. The lowest BCUT2D eigenvalue weighted by atomic mass is 9.82. The van der Waals surface area contributed by atoms with Gasteiger partial charge >= 0.3 is 0 Å². The van der Waals surface area contributed by atoms with E-state index in [0.717, 1.165) is 61.6 Å². The quantitative estimate of drug-likeness (QED) is 0.508. The van der Waals surface area contributed by atoms with Crippen molar-refractivity contribution >= 4 is 39.8 Å². The molecular formula is C25H26N6O2. The van der Waals surface area contributed by atoms with Crippen LogP contribution >= 0.6 is 0 Å². The van der Waals surface area contributed by atoms with Crippen LogP contribution in [0.15, 0.2) is 29.9 Å². The first-order chi connectivity index (χ1) is 16.0. The lowest BCUT2D eigenvalue weighted by Crippen LogP contribution is -2.30. The minimum atomic E-state index is -0.0478. The average Bonchev–Trinajstić information content (AvgIpc) is 3.40. The fraction of sp³-hybridized carbons (Fsp3) is 0.360. The third kappa shape index (κ3) is 3.08. The predicted octanol–water partition coefficient (Wildman–Crippen LogP) is 2.82. The number of aromatic nitrogens is 5. The van der Waals surface area contributed by atoms with Gasteiger partial charge in [-0.3, -0.25) is 4.98 Å². The minimum absolute atomic E-state index is 0.0347. The Labute approximate surface area is 190 Å². The Bertz CT molecular complexity index is 1530. The maximum atomic E-state index is 5.91. The van der Waals surface area contributed by atoms with Crippen LogP contribution in [-0.4, -0.2) is 49.9 Å². The molecule has 4 atom stereocenters. The second-order valence-electron chi connectivity index (χ2n) is 9.02. The zero-order valence-electron chi connectivity index (χ0n) is 19.1. The molecule has 1 aliphatic carbocycles. The van der Waals surface area contributed by atoms with Crippen LogP contribution in [0, 0.1) is 18.8 Å². The highest BCUT2D eigenvalue weighted by Crippen LogP contribution is 2.34. The van der Waals surface area contributed by atoms with E-state index in [1.54, 1.807) is 13.4 Å². The van der Waals surface area contributed by atoms with E-state index in [4.69, 9.17) is 14.6 Å². The Morgan fingerprint density at radius 3 is 2.82 bits per heavy atom. The van der Waals surface area contributed by atoms with Gasteiger partial charge in [0.05, 0.1) is 34.6 Å². The van der Waals surface area contributed by atoms with Crippen LogP contribution in [0.2, 0.25) is 0 Å². The molecule has 5 heterocycles. The zero-order chi connectivity index (χ0) is 22.7. The van der Waals surface area contributed by atoms with Crippen molar-refractivity contribution < 1.29 is 9.57 Å². The number of pyridine rings is 1. The topological polar surface area (TPSA) is 101 Å². The first kappa shape index (κ1) is 20.1. The second-order valence-corrected chi connectivity index (χ2v) is 9.02. The molecule has 0 aromatic carbocycles. The largest absolute Gasteiger partial charge is 0.392 e. The number of methoxy groups -OCH3 is 1. The number of H-pyrrole nitrogens is 2. The zero-order valence-corrected chi connectivity index (χ0v) is 19.1. The number of ether oxygens (including phenoxy) is 1. The normalized spacial score (nSPS) is 24.7. The molecule has 33 heavy (non-hydrogen) atoms. The lowest BCUT2D eigenvalue weighted by molar-refractivity contribution is 0.0594. The number of nitrogens with one attached hydrogen (secondary N) is 2. The van der Waals surface area contributed by atoms with E-state index in [-0.39, 0.29) is 24.0 Å². The molecule has 0 fully saturated rings. The number of hydrogen-bond acceptors (Lipinski definition) is 6. The number of aromatic amines is 2. The molecule has 8 nitrogen and oxygen atoms in total. The monoisotopic (exact) mass is 442 g/mol. The van der Waals surface area contributed by atoms with Gasteiger partial charge in [0.2, 0.25) is 0 Å². The molecule has 2 N–H and O–H groups in total. The van der Waals surface area contributed by atoms with Crippen molar-refractivity contribution in [3.63, 3.8) is 0 Å². The van der Waals surface area contributed by atoms with E-state index in [0.29, 0.717) is 0 Å². The molecule has 2 aliphatic rings. The molecule has 4 unspecified atom stereocenters. The fourth-order valence-corrected chi connectivity index (χ4v) is 5.55. The van der Waals surface area contributed by atoms with E-state index in [1.807, 2.05) is 25.4 Å². The van der Waals surface area contributed by atoms with E-state index in [2.05, 4.69) is 51.1 Å². The Morgan fingerprint density at radius 1 is 1.15 bits per heavy atom. The molecule has 0 amide bonds. The van der Waals surface area contributed by atoms with Crippen molar-refractivity contribution in [2.24, 2.45) is 17.0 Å². The van der Waals surface area contributed by atoms with Gasteiger partial charge in [-0.25, -0.2) is 9.97 Å². The second kappa shape index (κ2) is 7.52. The van der Waals surface area contributed by atoms with Gasteiger partial charge < -0.3 is 19.5 Å². The number of fused-ring (bicyclic) bond motifs is 4. The Balaban J connectivity index is 1.63. The third-order valence-electron chi connectivity index (χ3n) is 7.04. The summed E-state index contributed by atoms with van der Waals surface area (Å²) in [7, 11) is 1.77. The van der Waals surface area contributed by atoms with Crippen molar-refractivity contribution in [3.05, 3.63) is 41.0 Å². The smallest absolute Gasteiger partial charge is 0.142 e. The highest BCUT2D eigenvalue weighted by Gasteiger charge is 2.36. The standard InChI is InChI=1S/C25H26N6O2/c1-12-22(17-5-6-26-10-20(17)29-12)24-23-18-9-16(32-4)7-15(21-13(2)31-33-14(21)3)8-19(18)30-25(23)28-11-27-24/h5-6,8-11,14-16,21,29H,7H2,1-4H3,(H,27,28,30). The van der Waals surface area contributed by atoms with Crippen LogP contribution in [-0.2, 0) is 9.57 Å². The van der Waals surface area contributed by atoms with Gasteiger partial charge in [-0.15, -0.1) is 0 Å². The Hall–Kier alpha value is -3.52. The summed E-state index contributed by atoms with van der Waals surface area (Å²) in [5, 5.41) is 8.48. The molecule has 0 radical (unpaired) electrons. The molecule has 4 aromatic rings. The summed E-state index contributed by atoms with van der Waals surface area (Å²) in [5.41, 5.74) is 5.87. The van der Waals surface area contributed by atoms with E-state index < -0.39 is 0 Å². The SMILES string of the molecule is COC1C=c2c([nH]c3ncnc(-c4c(C)[nH]c5cnccc45)c23)=CC(C2C(C)=NOC2C)C1. The number of aryl methyl sites for hydroxylation is 1. The fourth-order valence-electron chi connectivity index (χ4n) is 5.55. The molecule has 0 bridgehead atoms. The van der Waals surface area contributed by atoms with Crippen LogP contribution in [0.3, 0.4) is 0 Å². The summed E-state index contributed by atoms with van der Waals surface area (Å²) in [5.74, 6) is 0.432. The van der Waals surface area contributed by atoms with E-state index in [9.17, 15) is 0 Å². The highest BCUT2D eigenvalue weighted by atomic mass is 16.6. The number of oxime groups is 1. The Kier molecular flexibility index (Phi) is 4.58. The number of nitrogens with zero attached hydrogens (tertiary/aromatic N) is 4. The van der Waals surface area contributed by atoms with Gasteiger partial charge in [0.15, 0.2) is 0 Å². The van der Waals surface area contributed by atoms with Crippen molar-refractivity contribution in [2.75, 3.05) is 7.11 Å². The molecule has 6 rings (SSSR count). The van der Waals surface area contributed by atoms with Gasteiger partial charge in [0.25, 0.3) is 0 Å². The van der Waals surface area contributed by atoms with Crippen LogP contribution in [0.25, 0.3) is 45.3 Å². The summed E-state index contributed by atoms with van der Waals surface area (Å²) in [6.45, 7) is 6.20. The minimum Gasteiger partial charge on any atom is -0.392 e. The summed E-state index contributed by atoms with van der Waals surface area (Å²) >= 11 is 0. The maximum Gasteiger partial charge on any atom is 0.142 e. The van der Waals surface area contributed by atoms with Gasteiger partial charge in [0.1, 0.15) is 18.1 Å². The maximum absolute atomic E-state index is 5.91. The third-order valence-corrected chi connectivity index (χ3v) is 7.04. The summed E-state index contributed by atoms with van der Waals surface area (Å²) in [6.07, 6.45) is 10.6. The molecule has 8 heteroatoms. The predicted molar refractivity (Wildman–Crippen MR) is 128 cm³/mol. The van der Waals surface area contributed by atoms with Crippen LogP contribution in [0.5, 0.6) is 0 Å². The molecule has 0 saturated carbocycles. The number of hydrogen-bond donors (Lipinski definition) is 2. The molecular weight excluding hydrogens is 416 g/mol. The van der Waals surface area contributed by atoms with Crippen LogP contribution < -0.4 is 10.6 Å². The van der Waals surface area contributed by atoms with Crippen molar-refractivity contribution in [1.82, 2.24) is 24.9 Å².